The van der Waals surface area contributed by atoms with Crippen LogP contribution in [0.3, 0.4) is 0 Å². The number of carbonyl (C=O) groups excluding carboxylic acids is 1. The van der Waals surface area contributed by atoms with E-state index in [0.717, 1.165) is 41.8 Å². The van der Waals surface area contributed by atoms with Crippen LogP contribution in [-0.4, -0.2) is 49.5 Å². The van der Waals surface area contributed by atoms with Crippen molar-refractivity contribution in [2.24, 2.45) is 4.99 Å². The molecule has 2 atom stereocenters. The fraction of sp³-hybridized carbons (Fsp3) is 0.417. The van der Waals surface area contributed by atoms with Gasteiger partial charge < -0.3 is 31.5 Å². The minimum atomic E-state index is -0.328. The third-order valence-electron chi connectivity index (χ3n) is 4.83. The molecule has 2 aromatic rings. The zero-order chi connectivity index (χ0) is 23.9. The molecule has 1 heterocycles. The molecule has 3 rings (SSSR count). The Balaban J connectivity index is 0.000000243. The van der Waals surface area contributed by atoms with E-state index in [-0.39, 0.29) is 24.8 Å². The topological polar surface area (TPSA) is 141 Å². The first-order valence-electron chi connectivity index (χ1n) is 11.0. The number of nitrogen functional groups attached to an aromatic ring is 2. The SMILES string of the molecule is CCCCOOC=NC(CO)Cc1ccc(N)cc1.Nc1ccc(C[C@H]2COC(=O)N2)cc1. The lowest BCUT2D eigenvalue weighted by Gasteiger charge is -2.09. The molecule has 1 aliphatic rings. The third-order valence-corrected chi connectivity index (χ3v) is 4.83. The Labute approximate surface area is 194 Å². The van der Waals surface area contributed by atoms with Crippen molar-refractivity contribution in [1.29, 1.82) is 0 Å². The van der Waals surface area contributed by atoms with Crippen LogP contribution in [-0.2, 0) is 27.4 Å². The molecular weight excluding hydrogens is 424 g/mol. The first kappa shape index (κ1) is 26.0. The molecule has 0 aromatic heterocycles. The highest BCUT2D eigenvalue weighted by Crippen LogP contribution is 2.11. The highest BCUT2D eigenvalue weighted by molar-refractivity contribution is 5.69. The summed E-state index contributed by atoms with van der Waals surface area (Å²) in [7, 11) is 0. The average molecular weight is 459 g/mol. The fourth-order valence-electron chi connectivity index (χ4n) is 2.96. The number of ether oxygens (including phenoxy) is 1. The van der Waals surface area contributed by atoms with Gasteiger partial charge in [-0.2, -0.15) is 4.89 Å². The summed E-state index contributed by atoms with van der Waals surface area (Å²) < 4.78 is 4.79. The lowest BCUT2D eigenvalue weighted by Crippen LogP contribution is -2.28. The number of aliphatic hydroxyl groups is 1. The number of anilines is 2. The van der Waals surface area contributed by atoms with Gasteiger partial charge >= 0.3 is 6.09 Å². The molecule has 0 bridgehead atoms. The van der Waals surface area contributed by atoms with Crippen LogP contribution in [0.15, 0.2) is 53.5 Å². The lowest BCUT2D eigenvalue weighted by molar-refractivity contribution is -0.217. The summed E-state index contributed by atoms with van der Waals surface area (Å²) in [4.78, 5) is 24.5. The number of rotatable bonds is 11. The van der Waals surface area contributed by atoms with Gasteiger partial charge in [-0.3, -0.25) is 0 Å². The number of benzene rings is 2. The highest BCUT2D eigenvalue weighted by atomic mass is 17.2. The van der Waals surface area contributed by atoms with Crippen molar-refractivity contribution in [2.75, 3.05) is 31.3 Å². The highest BCUT2D eigenvalue weighted by Gasteiger charge is 2.21. The molecule has 1 unspecified atom stereocenters. The summed E-state index contributed by atoms with van der Waals surface area (Å²) in [5.74, 6) is 0. The second kappa shape index (κ2) is 14.7. The van der Waals surface area contributed by atoms with Gasteiger partial charge in [0.2, 0.25) is 6.40 Å². The van der Waals surface area contributed by atoms with Gasteiger partial charge in [-0.15, -0.1) is 0 Å². The smallest absolute Gasteiger partial charge is 0.407 e. The van der Waals surface area contributed by atoms with Crippen molar-refractivity contribution >= 4 is 23.9 Å². The van der Waals surface area contributed by atoms with Crippen molar-refractivity contribution in [3.63, 3.8) is 0 Å². The van der Waals surface area contributed by atoms with E-state index < -0.39 is 0 Å². The number of hydrogen-bond donors (Lipinski definition) is 4. The number of aliphatic imine (C=N–C) groups is 1. The zero-order valence-electron chi connectivity index (χ0n) is 19.0. The monoisotopic (exact) mass is 458 g/mol. The maximum absolute atomic E-state index is 10.7. The van der Waals surface area contributed by atoms with Gasteiger partial charge in [0.15, 0.2) is 0 Å². The van der Waals surface area contributed by atoms with E-state index in [4.69, 9.17) is 26.0 Å². The van der Waals surface area contributed by atoms with Crippen LogP contribution in [0.25, 0.3) is 0 Å². The minimum Gasteiger partial charge on any atom is -0.447 e. The Morgan fingerprint density at radius 3 is 2.33 bits per heavy atom. The van der Waals surface area contributed by atoms with E-state index in [9.17, 15) is 9.90 Å². The molecule has 0 aliphatic carbocycles. The van der Waals surface area contributed by atoms with Gasteiger partial charge in [-0.25, -0.2) is 9.79 Å². The first-order valence-corrected chi connectivity index (χ1v) is 11.0. The van der Waals surface area contributed by atoms with Crippen molar-refractivity contribution in [3.05, 3.63) is 59.7 Å². The standard InChI is InChI=1S/C14H22N2O3.C10H12N2O2/c1-2-3-8-18-19-11-16-14(10-17)9-12-4-6-13(15)7-5-12;11-8-3-1-7(2-4-8)5-9-6-14-10(13)12-9/h4-7,11,14,17H,2-3,8-10,15H2,1H3;1-4,9H,5-6,11H2,(H,12,13)/t;9-/m.0/s1. The normalized spacial score (nSPS) is 15.9. The van der Waals surface area contributed by atoms with Crippen LogP contribution < -0.4 is 16.8 Å². The molecule has 2 aromatic carbocycles. The van der Waals surface area contributed by atoms with Crippen LogP contribution in [0.5, 0.6) is 0 Å². The van der Waals surface area contributed by atoms with Crippen LogP contribution >= 0.6 is 0 Å². The van der Waals surface area contributed by atoms with E-state index >= 15 is 0 Å². The Hall–Kier alpha value is -3.30. The molecule has 1 amide bonds. The summed E-state index contributed by atoms with van der Waals surface area (Å²) in [6.45, 7) is 3.03. The van der Waals surface area contributed by atoms with Crippen LogP contribution in [0.1, 0.15) is 30.9 Å². The zero-order valence-corrected chi connectivity index (χ0v) is 19.0. The number of carbonyl (C=O) groups is 1. The van der Waals surface area contributed by atoms with Crippen molar-refractivity contribution in [3.8, 4) is 0 Å². The average Bonchev–Trinajstić information content (AvgIpc) is 3.23. The molecule has 180 valence electrons. The molecule has 9 nitrogen and oxygen atoms in total. The summed E-state index contributed by atoms with van der Waals surface area (Å²) >= 11 is 0. The second-order valence-corrected chi connectivity index (χ2v) is 7.69. The molecule has 0 radical (unpaired) electrons. The number of aliphatic hydroxyl groups excluding tert-OH is 1. The number of hydrogen-bond acceptors (Lipinski definition) is 8. The van der Waals surface area contributed by atoms with Gasteiger partial charge in [-0.1, -0.05) is 37.6 Å². The van der Waals surface area contributed by atoms with E-state index in [1.165, 1.54) is 6.40 Å². The van der Waals surface area contributed by atoms with Gasteiger partial charge in [0.25, 0.3) is 0 Å². The summed E-state index contributed by atoms with van der Waals surface area (Å²) in [5.41, 5.74) is 14.9. The van der Waals surface area contributed by atoms with Gasteiger partial charge in [0, 0.05) is 11.4 Å². The minimum absolute atomic E-state index is 0.0425. The predicted octanol–water partition coefficient (Wildman–Crippen LogP) is 2.87. The number of alkyl carbamates (subject to hydrolysis) is 1. The van der Waals surface area contributed by atoms with E-state index in [0.29, 0.717) is 19.6 Å². The Kier molecular flexibility index (Phi) is 11.6. The molecule has 6 N–H and O–H groups in total. The van der Waals surface area contributed by atoms with Crippen molar-refractivity contribution in [1.82, 2.24) is 5.32 Å². The number of nitrogens with two attached hydrogens (primary N) is 2. The quantitative estimate of drug-likeness (QED) is 0.101. The second-order valence-electron chi connectivity index (χ2n) is 7.69. The van der Waals surface area contributed by atoms with E-state index in [1.807, 2.05) is 48.5 Å². The van der Waals surface area contributed by atoms with Crippen LogP contribution in [0.2, 0.25) is 0 Å². The van der Waals surface area contributed by atoms with E-state index in [2.05, 4.69) is 17.2 Å². The molecule has 1 fully saturated rings. The van der Waals surface area contributed by atoms with Gasteiger partial charge in [0.05, 0.1) is 25.3 Å². The molecule has 1 aliphatic heterocycles. The number of unbranched alkanes of at least 4 members (excludes halogenated alkanes) is 1. The number of amides is 1. The number of cyclic esters (lactones) is 1. The Morgan fingerprint density at radius 1 is 1.15 bits per heavy atom. The largest absolute Gasteiger partial charge is 0.447 e. The van der Waals surface area contributed by atoms with Crippen LogP contribution in [0.4, 0.5) is 16.2 Å². The molecule has 0 saturated carbocycles. The summed E-state index contributed by atoms with van der Waals surface area (Å²) in [6, 6.07) is 15.0. The summed E-state index contributed by atoms with van der Waals surface area (Å²) in [5, 5.41) is 12.0. The lowest BCUT2D eigenvalue weighted by atomic mass is 10.1. The predicted molar refractivity (Wildman–Crippen MR) is 129 cm³/mol. The Morgan fingerprint density at radius 2 is 1.79 bits per heavy atom. The van der Waals surface area contributed by atoms with Crippen molar-refractivity contribution in [2.45, 2.75) is 44.7 Å². The Bertz CT molecular complexity index is 843. The maximum Gasteiger partial charge on any atom is 0.407 e. The molecule has 9 heteroatoms. The molecule has 0 spiro atoms. The van der Waals surface area contributed by atoms with Gasteiger partial charge in [0.1, 0.15) is 6.61 Å². The number of nitrogens with one attached hydrogen (secondary N) is 1. The van der Waals surface area contributed by atoms with E-state index in [1.54, 1.807) is 0 Å². The summed E-state index contributed by atoms with van der Waals surface area (Å²) in [6.07, 6.45) is 4.33. The first-order chi connectivity index (χ1) is 16.0. The van der Waals surface area contributed by atoms with Crippen molar-refractivity contribution < 1.29 is 24.4 Å². The maximum atomic E-state index is 10.7. The van der Waals surface area contributed by atoms with Gasteiger partial charge in [-0.05, 0) is 54.7 Å². The van der Waals surface area contributed by atoms with Crippen LogP contribution in [0, 0.1) is 0 Å². The fourth-order valence-corrected chi connectivity index (χ4v) is 2.96. The number of nitrogens with zero attached hydrogens (tertiary/aromatic N) is 1. The molecule has 33 heavy (non-hydrogen) atoms. The molecular formula is C24H34N4O5. The molecule has 1 saturated heterocycles. The third kappa shape index (κ3) is 10.7.